The molecule has 2 nitrogen and oxygen atoms in total. The molecule has 0 saturated heterocycles. The summed E-state index contributed by atoms with van der Waals surface area (Å²) in [6.07, 6.45) is 1.08. The topological polar surface area (TPSA) is 21.3 Å². The highest BCUT2D eigenvalue weighted by Crippen LogP contribution is 2.27. The van der Waals surface area contributed by atoms with E-state index in [2.05, 4.69) is 27.3 Å². The van der Waals surface area contributed by atoms with Gasteiger partial charge in [0.1, 0.15) is 17.7 Å². The fraction of sp³-hybridized carbons (Fsp3) is 0.250. The van der Waals surface area contributed by atoms with E-state index in [1.807, 2.05) is 24.3 Å². The van der Waals surface area contributed by atoms with Gasteiger partial charge < -0.3 is 10.1 Å². The van der Waals surface area contributed by atoms with Gasteiger partial charge in [0.05, 0.1) is 4.47 Å². The molecule has 20 heavy (non-hydrogen) atoms. The van der Waals surface area contributed by atoms with E-state index in [-0.39, 0.29) is 11.9 Å². The number of hydrogen-bond acceptors (Lipinski definition) is 2. The molecule has 104 valence electrons. The van der Waals surface area contributed by atoms with Crippen LogP contribution in [0.4, 0.5) is 4.39 Å². The minimum Gasteiger partial charge on any atom is -0.488 e. The molecule has 1 aliphatic rings. The summed E-state index contributed by atoms with van der Waals surface area (Å²) in [5.41, 5.74) is 2.17. The Morgan fingerprint density at radius 2 is 2.05 bits per heavy atom. The average molecular weight is 336 g/mol. The van der Waals surface area contributed by atoms with Gasteiger partial charge in [0.25, 0.3) is 0 Å². The Hall–Kier alpha value is -1.39. The first-order chi connectivity index (χ1) is 9.74. The molecule has 3 rings (SSSR count). The van der Waals surface area contributed by atoms with Gasteiger partial charge in [0.15, 0.2) is 0 Å². The second-order valence-corrected chi connectivity index (χ2v) is 5.69. The van der Waals surface area contributed by atoms with Crippen LogP contribution in [-0.2, 0) is 13.0 Å². The standard InChI is InChI=1S/C16H15BrFNO/c17-16-12(5-3-6-14(16)18)9-19-10-13-8-11-4-1-2-7-15(11)20-13/h1-7,13,19H,8-10H2. The van der Waals surface area contributed by atoms with Crippen molar-refractivity contribution in [2.75, 3.05) is 6.54 Å². The second-order valence-electron chi connectivity index (χ2n) is 4.90. The minimum absolute atomic E-state index is 0.153. The molecule has 2 aromatic rings. The van der Waals surface area contributed by atoms with E-state index in [0.29, 0.717) is 11.0 Å². The van der Waals surface area contributed by atoms with Crippen LogP contribution >= 0.6 is 15.9 Å². The summed E-state index contributed by atoms with van der Waals surface area (Å²) in [5, 5.41) is 3.32. The summed E-state index contributed by atoms with van der Waals surface area (Å²) in [4.78, 5) is 0. The van der Waals surface area contributed by atoms with Crippen molar-refractivity contribution in [3.63, 3.8) is 0 Å². The lowest BCUT2D eigenvalue weighted by molar-refractivity contribution is 0.227. The smallest absolute Gasteiger partial charge is 0.137 e. The van der Waals surface area contributed by atoms with Crippen molar-refractivity contribution >= 4 is 15.9 Å². The number of para-hydroxylation sites is 1. The van der Waals surface area contributed by atoms with Crippen LogP contribution in [0.1, 0.15) is 11.1 Å². The molecule has 1 atom stereocenters. The van der Waals surface area contributed by atoms with Gasteiger partial charge in [-0.25, -0.2) is 4.39 Å². The molecule has 0 fully saturated rings. The van der Waals surface area contributed by atoms with E-state index >= 15 is 0 Å². The predicted molar refractivity (Wildman–Crippen MR) is 80.4 cm³/mol. The van der Waals surface area contributed by atoms with Gasteiger partial charge in [0.2, 0.25) is 0 Å². The lowest BCUT2D eigenvalue weighted by Gasteiger charge is -2.12. The Labute approximate surface area is 126 Å². The summed E-state index contributed by atoms with van der Waals surface area (Å²) < 4.78 is 19.8. The molecule has 0 amide bonds. The van der Waals surface area contributed by atoms with E-state index < -0.39 is 0 Å². The fourth-order valence-electron chi connectivity index (χ4n) is 2.42. The predicted octanol–water partition coefficient (Wildman–Crippen LogP) is 3.68. The van der Waals surface area contributed by atoms with Crippen LogP contribution in [-0.4, -0.2) is 12.6 Å². The van der Waals surface area contributed by atoms with Crippen molar-refractivity contribution < 1.29 is 9.13 Å². The highest BCUT2D eigenvalue weighted by molar-refractivity contribution is 9.10. The van der Waals surface area contributed by atoms with Crippen molar-refractivity contribution in [1.82, 2.24) is 5.32 Å². The maximum atomic E-state index is 13.4. The van der Waals surface area contributed by atoms with E-state index in [9.17, 15) is 4.39 Å². The first-order valence-corrected chi connectivity index (χ1v) is 7.41. The number of benzene rings is 2. The molecule has 0 radical (unpaired) electrons. The van der Waals surface area contributed by atoms with Crippen LogP contribution in [0.5, 0.6) is 5.75 Å². The van der Waals surface area contributed by atoms with Crippen LogP contribution in [0.25, 0.3) is 0 Å². The third-order valence-corrected chi connectivity index (χ3v) is 4.32. The third-order valence-electron chi connectivity index (χ3n) is 3.43. The minimum atomic E-state index is -0.228. The highest BCUT2D eigenvalue weighted by Gasteiger charge is 2.21. The zero-order chi connectivity index (χ0) is 13.9. The summed E-state index contributed by atoms with van der Waals surface area (Å²) >= 11 is 3.27. The molecular weight excluding hydrogens is 321 g/mol. The van der Waals surface area contributed by atoms with Gasteiger partial charge in [-0.2, -0.15) is 0 Å². The largest absolute Gasteiger partial charge is 0.488 e. The van der Waals surface area contributed by atoms with Gasteiger partial charge in [-0.05, 0) is 39.2 Å². The first-order valence-electron chi connectivity index (χ1n) is 6.62. The molecule has 1 aliphatic heterocycles. The molecular formula is C16H15BrFNO. The number of halogens is 2. The van der Waals surface area contributed by atoms with Crippen molar-refractivity contribution in [2.24, 2.45) is 0 Å². The number of ether oxygens (including phenoxy) is 1. The molecule has 0 aromatic heterocycles. The average Bonchev–Trinajstić information content (AvgIpc) is 2.86. The molecule has 0 bridgehead atoms. The van der Waals surface area contributed by atoms with Crippen LogP contribution in [0.2, 0.25) is 0 Å². The van der Waals surface area contributed by atoms with Gasteiger partial charge in [-0.1, -0.05) is 30.3 Å². The molecule has 1 heterocycles. The summed E-state index contributed by atoms with van der Waals surface area (Å²) in [6, 6.07) is 13.2. The monoisotopic (exact) mass is 335 g/mol. The Morgan fingerprint density at radius 1 is 1.20 bits per heavy atom. The quantitative estimate of drug-likeness (QED) is 0.920. The van der Waals surface area contributed by atoms with Crippen molar-refractivity contribution in [3.8, 4) is 5.75 Å². The maximum Gasteiger partial charge on any atom is 0.137 e. The molecule has 0 saturated carbocycles. The Balaban J connectivity index is 1.53. The van der Waals surface area contributed by atoms with Gasteiger partial charge in [-0.15, -0.1) is 0 Å². The van der Waals surface area contributed by atoms with Gasteiger partial charge >= 0.3 is 0 Å². The van der Waals surface area contributed by atoms with Crippen LogP contribution < -0.4 is 10.1 Å². The Bertz CT molecular complexity index is 592. The van der Waals surface area contributed by atoms with E-state index in [0.717, 1.165) is 24.3 Å². The van der Waals surface area contributed by atoms with Crippen LogP contribution in [0.15, 0.2) is 46.9 Å². The van der Waals surface area contributed by atoms with Gasteiger partial charge in [0, 0.05) is 19.5 Å². The zero-order valence-electron chi connectivity index (χ0n) is 10.9. The fourth-order valence-corrected chi connectivity index (χ4v) is 2.83. The number of nitrogens with one attached hydrogen (secondary N) is 1. The van der Waals surface area contributed by atoms with E-state index in [1.165, 1.54) is 11.6 Å². The van der Waals surface area contributed by atoms with Crippen molar-refractivity contribution in [2.45, 2.75) is 19.1 Å². The molecule has 1 N–H and O–H groups in total. The van der Waals surface area contributed by atoms with Crippen LogP contribution in [0, 0.1) is 5.82 Å². The normalized spacial score (nSPS) is 16.8. The summed E-state index contributed by atoms with van der Waals surface area (Å²) in [5.74, 6) is 0.750. The van der Waals surface area contributed by atoms with Crippen LogP contribution in [0.3, 0.4) is 0 Å². The van der Waals surface area contributed by atoms with Crippen molar-refractivity contribution in [1.29, 1.82) is 0 Å². The number of hydrogen-bond donors (Lipinski definition) is 1. The maximum absolute atomic E-state index is 13.4. The number of fused-ring (bicyclic) bond motifs is 1. The van der Waals surface area contributed by atoms with E-state index in [4.69, 9.17) is 4.74 Å². The molecule has 1 unspecified atom stereocenters. The Kier molecular flexibility index (Phi) is 4.03. The SMILES string of the molecule is Fc1cccc(CNCC2Cc3ccccc3O2)c1Br. The molecule has 4 heteroatoms. The lowest BCUT2D eigenvalue weighted by atomic mass is 10.1. The molecule has 0 spiro atoms. The molecule has 2 aromatic carbocycles. The highest BCUT2D eigenvalue weighted by atomic mass is 79.9. The van der Waals surface area contributed by atoms with Gasteiger partial charge in [-0.3, -0.25) is 0 Å². The molecule has 0 aliphatic carbocycles. The lowest BCUT2D eigenvalue weighted by Crippen LogP contribution is -2.29. The zero-order valence-corrected chi connectivity index (χ0v) is 12.5. The summed E-state index contributed by atoms with van der Waals surface area (Å²) in [6.45, 7) is 1.37. The van der Waals surface area contributed by atoms with Crippen molar-refractivity contribution in [3.05, 3.63) is 63.9 Å². The summed E-state index contributed by atoms with van der Waals surface area (Å²) in [7, 11) is 0. The van der Waals surface area contributed by atoms with E-state index in [1.54, 1.807) is 6.07 Å². The first kappa shape index (κ1) is 13.6. The third kappa shape index (κ3) is 2.86. The number of rotatable bonds is 4. The Morgan fingerprint density at radius 3 is 2.90 bits per heavy atom. The second kappa shape index (κ2) is 5.94.